The van der Waals surface area contributed by atoms with Gasteiger partial charge in [-0.05, 0) is 25.5 Å². The molecule has 2 heterocycles. The molecule has 0 bridgehead atoms. The van der Waals surface area contributed by atoms with Gasteiger partial charge in [-0.3, -0.25) is 14.9 Å². The highest BCUT2D eigenvalue weighted by atomic mass is 32.1. The summed E-state index contributed by atoms with van der Waals surface area (Å²) >= 11 is 2.67. The molecule has 0 aliphatic heterocycles. The second-order valence-electron chi connectivity index (χ2n) is 4.71. The van der Waals surface area contributed by atoms with Crippen LogP contribution in [0, 0.1) is 6.92 Å². The van der Waals surface area contributed by atoms with E-state index >= 15 is 0 Å². The fraction of sp³-hybridized carbons (Fsp3) is 0.357. The van der Waals surface area contributed by atoms with Gasteiger partial charge in [0.25, 0.3) is 11.8 Å². The lowest BCUT2D eigenvalue weighted by Crippen LogP contribution is -2.21. The number of carbonyl (C=O) groups excluding carboxylic acids is 2. The lowest BCUT2D eigenvalue weighted by Gasteiger charge is -2.07. The Bertz CT molecular complexity index is 674. The van der Waals surface area contributed by atoms with Crippen LogP contribution < -0.4 is 5.32 Å². The minimum absolute atomic E-state index is 0.102. The number of carbonyl (C=O) groups is 2. The topological polar surface area (TPSA) is 62.3 Å². The Morgan fingerprint density at radius 2 is 2.00 bits per heavy atom. The van der Waals surface area contributed by atoms with Crippen molar-refractivity contribution >= 4 is 39.6 Å². The van der Waals surface area contributed by atoms with Crippen molar-refractivity contribution in [2.45, 2.75) is 20.3 Å². The average Bonchev–Trinajstić information content (AvgIpc) is 3.04. The highest BCUT2D eigenvalue weighted by molar-refractivity contribution is 7.18. The minimum Gasteiger partial charge on any atom is -0.344 e. The number of hydrogen-bond donors (Lipinski definition) is 1. The Morgan fingerprint density at radius 1 is 1.29 bits per heavy atom. The predicted octanol–water partition coefficient (Wildman–Crippen LogP) is 3.03. The number of thiophene rings is 1. The van der Waals surface area contributed by atoms with Gasteiger partial charge in [-0.2, -0.15) is 0 Å². The van der Waals surface area contributed by atoms with Crippen LogP contribution in [0.25, 0.3) is 0 Å². The van der Waals surface area contributed by atoms with Crippen LogP contribution >= 0.6 is 22.7 Å². The highest BCUT2D eigenvalue weighted by Gasteiger charge is 2.18. The summed E-state index contributed by atoms with van der Waals surface area (Å²) in [5.74, 6) is -0.285. The average molecular weight is 323 g/mol. The Labute approximate surface area is 131 Å². The number of amides is 2. The molecule has 7 heteroatoms. The van der Waals surface area contributed by atoms with Gasteiger partial charge in [0.05, 0.1) is 10.6 Å². The van der Waals surface area contributed by atoms with Crippen LogP contribution in [0.2, 0.25) is 0 Å². The number of nitrogens with zero attached hydrogens (tertiary/aromatic N) is 2. The van der Waals surface area contributed by atoms with E-state index in [1.54, 1.807) is 21.0 Å². The molecule has 2 amide bonds. The summed E-state index contributed by atoms with van der Waals surface area (Å²) in [6.07, 6.45) is 0.912. The van der Waals surface area contributed by atoms with Crippen molar-refractivity contribution in [3.05, 3.63) is 32.5 Å². The smallest absolute Gasteiger partial charge is 0.267 e. The third-order valence-electron chi connectivity index (χ3n) is 2.85. The quantitative estimate of drug-likeness (QED) is 0.940. The van der Waals surface area contributed by atoms with E-state index in [1.165, 1.54) is 32.5 Å². The van der Waals surface area contributed by atoms with Crippen LogP contribution in [0.4, 0.5) is 5.13 Å². The number of aromatic nitrogens is 1. The molecule has 0 spiro atoms. The maximum Gasteiger partial charge on any atom is 0.267 e. The first-order valence-corrected chi connectivity index (χ1v) is 8.14. The molecule has 0 aromatic carbocycles. The molecule has 0 saturated carbocycles. The predicted molar refractivity (Wildman–Crippen MR) is 86.5 cm³/mol. The number of anilines is 1. The van der Waals surface area contributed by atoms with E-state index in [1.807, 2.05) is 12.1 Å². The van der Waals surface area contributed by atoms with Crippen molar-refractivity contribution in [3.63, 3.8) is 0 Å². The zero-order valence-electron chi connectivity index (χ0n) is 12.4. The number of nitrogens with one attached hydrogen (secondary N) is 1. The summed E-state index contributed by atoms with van der Waals surface area (Å²) in [4.78, 5) is 32.2. The van der Waals surface area contributed by atoms with Gasteiger partial charge in [0.2, 0.25) is 0 Å². The van der Waals surface area contributed by atoms with Crippen LogP contribution in [0.15, 0.2) is 12.1 Å². The molecule has 2 rings (SSSR count). The molecule has 2 aromatic heterocycles. The summed E-state index contributed by atoms with van der Waals surface area (Å²) in [5.41, 5.74) is 0.634. The summed E-state index contributed by atoms with van der Waals surface area (Å²) < 4.78 is 0. The Balaban J connectivity index is 2.15. The molecule has 0 aliphatic carbocycles. The van der Waals surface area contributed by atoms with E-state index in [4.69, 9.17) is 0 Å². The van der Waals surface area contributed by atoms with E-state index in [0.29, 0.717) is 20.6 Å². The van der Waals surface area contributed by atoms with Gasteiger partial charge < -0.3 is 4.90 Å². The fourth-order valence-corrected chi connectivity index (χ4v) is 3.53. The molecule has 112 valence electrons. The van der Waals surface area contributed by atoms with Crippen LogP contribution in [0.1, 0.15) is 36.8 Å². The Hall–Kier alpha value is -1.73. The van der Waals surface area contributed by atoms with Crippen molar-refractivity contribution in [2.75, 3.05) is 19.4 Å². The molecule has 0 atom stereocenters. The van der Waals surface area contributed by atoms with E-state index in [-0.39, 0.29) is 11.8 Å². The number of hydrogen-bond acceptors (Lipinski definition) is 5. The molecular formula is C14H17N3O2S2. The number of thiazole rings is 1. The lowest BCUT2D eigenvalue weighted by atomic mass is 10.3. The summed E-state index contributed by atoms with van der Waals surface area (Å²) in [7, 11) is 3.38. The van der Waals surface area contributed by atoms with Crippen molar-refractivity contribution in [1.82, 2.24) is 9.88 Å². The van der Waals surface area contributed by atoms with E-state index in [9.17, 15) is 9.59 Å². The third-order valence-corrected chi connectivity index (χ3v) is 5.14. The number of rotatable bonds is 4. The van der Waals surface area contributed by atoms with Gasteiger partial charge >= 0.3 is 0 Å². The second-order valence-corrected chi connectivity index (χ2v) is 6.87. The summed E-state index contributed by atoms with van der Waals surface area (Å²) in [5, 5.41) is 3.21. The van der Waals surface area contributed by atoms with E-state index in [0.717, 1.165) is 6.42 Å². The summed E-state index contributed by atoms with van der Waals surface area (Å²) in [6, 6.07) is 3.76. The Kier molecular flexibility index (Phi) is 4.74. The molecule has 0 saturated heterocycles. The maximum atomic E-state index is 12.1. The fourth-order valence-electron chi connectivity index (χ4n) is 1.70. The standard InChI is InChI=1S/C14H17N3O2S2/c1-5-9-6-7-10(20-9)12(18)16-14-15-8(2)11(21-14)13(19)17(3)4/h6-7H,5H2,1-4H3,(H,15,16,18). The Morgan fingerprint density at radius 3 is 2.57 bits per heavy atom. The molecule has 21 heavy (non-hydrogen) atoms. The number of aryl methyl sites for hydroxylation is 2. The first kappa shape index (κ1) is 15.7. The van der Waals surface area contributed by atoms with Crippen molar-refractivity contribution in [1.29, 1.82) is 0 Å². The van der Waals surface area contributed by atoms with Crippen molar-refractivity contribution in [3.8, 4) is 0 Å². The van der Waals surface area contributed by atoms with Crippen LogP contribution in [-0.4, -0.2) is 35.8 Å². The zero-order valence-corrected chi connectivity index (χ0v) is 14.0. The van der Waals surface area contributed by atoms with E-state index in [2.05, 4.69) is 17.2 Å². The van der Waals surface area contributed by atoms with Crippen molar-refractivity contribution in [2.24, 2.45) is 0 Å². The lowest BCUT2D eigenvalue weighted by molar-refractivity contribution is 0.0831. The van der Waals surface area contributed by atoms with Crippen LogP contribution in [0.3, 0.4) is 0 Å². The van der Waals surface area contributed by atoms with Gasteiger partial charge in [-0.15, -0.1) is 11.3 Å². The van der Waals surface area contributed by atoms with Gasteiger partial charge in [-0.25, -0.2) is 4.98 Å². The molecule has 0 aliphatic rings. The largest absolute Gasteiger partial charge is 0.344 e. The van der Waals surface area contributed by atoms with Gasteiger partial charge in [0, 0.05) is 19.0 Å². The normalized spacial score (nSPS) is 10.5. The summed E-state index contributed by atoms with van der Waals surface area (Å²) in [6.45, 7) is 3.82. The van der Waals surface area contributed by atoms with Crippen molar-refractivity contribution < 1.29 is 9.59 Å². The molecule has 0 radical (unpaired) electrons. The van der Waals surface area contributed by atoms with Crippen LogP contribution in [0.5, 0.6) is 0 Å². The van der Waals surface area contributed by atoms with Gasteiger partial charge in [-0.1, -0.05) is 18.3 Å². The first-order valence-electron chi connectivity index (χ1n) is 6.51. The highest BCUT2D eigenvalue weighted by Crippen LogP contribution is 2.25. The van der Waals surface area contributed by atoms with Gasteiger partial charge in [0.15, 0.2) is 5.13 Å². The van der Waals surface area contributed by atoms with Crippen LogP contribution in [-0.2, 0) is 6.42 Å². The zero-order chi connectivity index (χ0) is 15.6. The molecule has 5 nitrogen and oxygen atoms in total. The first-order chi connectivity index (χ1) is 9.92. The molecule has 0 fully saturated rings. The molecule has 2 aromatic rings. The molecular weight excluding hydrogens is 306 g/mol. The maximum absolute atomic E-state index is 12.1. The SMILES string of the molecule is CCc1ccc(C(=O)Nc2nc(C)c(C(=O)N(C)C)s2)s1. The molecule has 1 N–H and O–H groups in total. The molecule has 0 unspecified atom stereocenters. The third kappa shape index (κ3) is 3.48. The monoisotopic (exact) mass is 323 g/mol. The second kappa shape index (κ2) is 6.36. The van der Waals surface area contributed by atoms with E-state index < -0.39 is 0 Å². The van der Waals surface area contributed by atoms with Gasteiger partial charge in [0.1, 0.15) is 4.88 Å². The minimum atomic E-state index is -0.183.